The Morgan fingerprint density at radius 3 is 2.05 bits per heavy atom. The van der Waals surface area contributed by atoms with Crippen LogP contribution in [0.15, 0.2) is 56.4 Å². The Balaban J connectivity index is 1.64. The van der Waals surface area contributed by atoms with Gasteiger partial charge in [-0.05, 0) is 36.4 Å². The summed E-state index contributed by atoms with van der Waals surface area (Å²) in [5.74, 6) is -0.653. The van der Waals surface area contributed by atoms with Gasteiger partial charge < -0.3 is 18.8 Å². The highest BCUT2D eigenvalue weighted by Crippen LogP contribution is 2.39. The molecule has 0 fully saturated rings. The first-order valence-electron chi connectivity index (χ1n) is 10.5. The van der Waals surface area contributed by atoms with Crippen molar-refractivity contribution >= 4 is 75.5 Å². The van der Waals surface area contributed by atoms with Crippen LogP contribution in [-0.2, 0) is 4.74 Å². The molecule has 3 aromatic heterocycles. The summed E-state index contributed by atoms with van der Waals surface area (Å²) in [5, 5.41) is 9.36. The summed E-state index contributed by atoms with van der Waals surface area (Å²) >= 11 is 25.3. The van der Waals surface area contributed by atoms with E-state index in [0.717, 1.165) is 0 Å². The zero-order chi connectivity index (χ0) is 26.3. The number of rotatable bonds is 5. The number of fused-ring (bicyclic) bond motifs is 1. The molecule has 0 saturated heterocycles. The quantitative estimate of drug-likeness (QED) is 0.217. The third-order valence-corrected chi connectivity index (χ3v) is 6.72. The third-order valence-electron chi connectivity index (χ3n) is 5.46. The van der Waals surface area contributed by atoms with E-state index in [1.54, 1.807) is 42.5 Å². The van der Waals surface area contributed by atoms with Gasteiger partial charge in [0.1, 0.15) is 22.3 Å². The fourth-order valence-corrected chi connectivity index (χ4v) is 4.93. The average Bonchev–Trinajstić information content (AvgIpc) is 3.49. The number of hydrogen-bond donors (Lipinski definition) is 1. The number of ether oxygens (including phenoxy) is 1. The summed E-state index contributed by atoms with van der Waals surface area (Å²) in [6.07, 6.45) is 4.43. The number of carbonyl (C=O) groups excluding carboxylic acids is 1. The molecule has 12 heteroatoms. The molecule has 186 valence electrons. The van der Waals surface area contributed by atoms with E-state index in [2.05, 4.69) is 15.3 Å². The normalized spacial score (nSPS) is 11.5. The van der Waals surface area contributed by atoms with Crippen molar-refractivity contribution in [3.63, 3.8) is 0 Å². The lowest BCUT2D eigenvalue weighted by Gasteiger charge is -2.05. The van der Waals surface area contributed by atoms with E-state index in [9.17, 15) is 9.59 Å². The van der Waals surface area contributed by atoms with Gasteiger partial charge in [-0.2, -0.15) is 0 Å². The van der Waals surface area contributed by atoms with Gasteiger partial charge in [-0.25, -0.2) is 4.79 Å². The Bertz CT molecular complexity index is 1730. The number of benzene rings is 2. The third kappa shape index (κ3) is 4.42. The van der Waals surface area contributed by atoms with Crippen molar-refractivity contribution in [1.29, 1.82) is 0 Å². The predicted molar refractivity (Wildman–Crippen MR) is 142 cm³/mol. The molecule has 0 unspecified atom stereocenters. The maximum absolute atomic E-state index is 12.7. The smallest absolute Gasteiger partial charge is 0.344 e. The van der Waals surface area contributed by atoms with Crippen LogP contribution < -0.4 is 5.56 Å². The minimum absolute atomic E-state index is 0.00975. The fraction of sp³-hybridized carbons (Fsp3) is 0.0400. The van der Waals surface area contributed by atoms with Crippen LogP contribution in [0.5, 0.6) is 0 Å². The van der Waals surface area contributed by atoms with Crippen LogP contribution >= 0.6 is 46.4 Å². The van der Waals surface area contributed by atoms with Crippen LogP contribution in [0.2, 0.25) is 20.1 Å². The molecule has 0 radical (unpaired) electrons. The molecule has 8 nitrogen and oxygen atoms in total. The minimum Gasteiger partial charge on any atom is -0.465 e. The van der Waals surface area contributed by atoms with Gasteiger partial charge in [0.2, 0.25) is 0 Å². The van der Waals surface area contributed by atoms with Crippen molar-refractivity contribution in [3.05, 3.63) is 89.9 Å². The molecule has 0 saturated carbocycles. The lowest BCUT2D eigenvalue weighted by Crippen LogP contribution is -2.06. The lowest BCUT2D eigenvalue weighted by molar-refractivity contribution is 0.0600. The Morgan fingerprint density at radius 1 is 0.892 bits per heavy atom. The number of nitrogens with zero attached hydrogens (tertiary/aromatic N) is 2. The van der Waals surface area contributed by atoms with Gasteiger partial charge in [0.05, 0.1) is 27.2 Å². The number of hydrogen-bond acceptors (Lipinski definition) is 7. The predicted octanol–water partition coefficient (Wildman–Crippen LogP) is 7.41. The Morgan fingerprint density at radius 2 is 1.46 bits per heavy atom. The second-order valence-corrected chi connectivity index (χ2v) is 9.23. The summed E-state index contributed by atoms with van der Waals surface area (Å²) < 4.78 is 15.9. The van der Waals surface area contributed by atoms with E-state index < -0.39 is 11.5 Å². The number of esters is 1. The first-order chi connectivity index (χ1) is 17.8. The monoisotopic (exact) mass is 575 g/mol. The molecule has 3 heterocycles. The van der Waals surface area contributed by atoms with Crippen molar-refractivity contribution in [2.45, 2.75) is 0 Å². The number of H-pyrrole nitrogens is 1. The number of aromatic nitrogens is 3. The highest BCUT2D eigenvalue weighted by Gasteiger charge is 2.27. The summed E-state index contributed by atoms with van der Waals surface area (Å²) in [6.45, 7) is 0. The van der Waals surface area contributed by atoms with E-state index in [4.69, 9.17) is 60.2 Å². The zero-order valence-corrected chi connectivity index (χ0v) is 21.7. The van der Waals surface area contributed by atoms with Crippen LogP contribution in [0.1, 0.15) is 21.7 Å². The number of aromatic amines is 1. The number of nitrogens with one attached hydrogen (secondary N) is 1. The molecule has 0 aliphatic heterocycles. The molecule has 0 aliphatic rings. The van der Waals surface area contributed by atoms with Crippen LogP contribution in [0, 0.1) is 0 Å². The van der Waals surface area contributed by atoms with Crippen molar-refractivity contribution in [2.24, 2.45) is 0 Å². The zero-order valence-electron chi connectivity index (χ0n) is 18.6. The van der Waals surface area contributed by atoms with E-state index >= 15 is 0 Å². The Hall–Kier alpha value is -3.56. The van der Waals surface area contributed by atoms with Gasteiger partial charge in [0, 0.05) is 22.9 Å². The van der Waals surface area contributed by atoms with Crippen LogP contribution in [0.4, 0.5) is 0 Å². The molecular weight excluding hydrogens is 564 g/mol. The van der Waals surface area contributed by atoms with Crippen molar-refractivity contribution < 1.29 is 18.6 Å². The second-order valence-electron chi connectivity index (χ2n) is 7.60. The molecule has 0 spiro atoms. The summed E-state index contributed by atoms with van der Waals surface area (Å²) in [5.41, 5.74) is 1.12. The SMILES string of the molecule is COC(=O)c1c(-c2c(Cl)cccc2Cl)noc1C=Cc1c[nH]c(=O)c2c(-c3c(Cl)cccc3Cl)noc12. The van der Waals surface area contributed by atoms with Crippen LogP contribution in [-0.4, -0.2) is 28.4 Å². The van der Waals surface area contributed by atoms with Gasteiger partial charge in [-0.1, -0.05) is 68.8 Å². The van der Waals surface area contributed by atoms with Gasteiger partial charge in [0.25, 0.3) is 5.56 Å². The molecular formula is C25H13Cl4N3O5. The van der Waals surface area contributed by atoms with Gasteiger partial charge in [-0.3, -0.25) is 4.79 Å². The molecule has 2 aromatic carbocycles. The summed E-state index contributed by atoms with van der Waals surface area (Å²) in [7, 11) is 1.22. The van der Waals surface area contributed by atoms with E-state index in [0.29, 0.717) is 26.7 Å². The molecule has 1 N–H and O–H groups in total. The maximum Gasteiger partial charge on any atom is 0.344 e. The molecule has 0 amide bonds. The number of carbonyl (C=O) groups is 1. The molecule has 0 bridgehead atoms. The summed E-state index contributed by atoms with van der Waals surface area (Å²) in [6, 6.07) is 9.81. The molecule has 5 aromatic rings. The van der Waals surface area contributed by atoms with Crippen LogP contribution in [0.3, 0.4) is 0 Å². The average molecular weight is 577 g/mol. The summed E-state index contributed by atoms with van der Waals surface area (Å²) in [4.78, 5) is 28.0. The van der Waals surface area contributed by atoms with E-state index in [-0.39, 0.29) is 43.7 Å². The highest BCUT2D eigenvalue weighted by atomic mass is 35.5. The number of halogens is 4. The van der Waals surface area contributed by atoms with Crippen LogP contribution in [0.25, 0.3) is 45.6 Å². The standard InChI is InChI=1S/C25H13Cl4N3O5/c1-35-25(34)19-16(36-31-21(19)17-12(26)4-2-5-13(17)27)9-8-11-10-30-24(33)20-22(32-37-23(11)20)18-14(28)6-3-7-15(18)29/h2-10H,1H3,(H,30,33). The van der Waals surface area contributed by atoms with Gasteiger partial charge in [0.15, 0.2) is 11.3 Å². The largest absolute Gasteiger partial charge is 0.465 e. The molecule has 5 rings (SSSR count). The van der Waals surface area contributed by atoms with Gasteiger partial charge >= 0.3 is 5.97 Å². The highest BCUT2D eigenvalue weighted by molar-refractivity contribution is 6.40. The Kier molecular flexibility index (Phi) is 6.83. The minimum atomic E-state index is -0.714. The molecule has 37 heavy (non-hydrogen) atoms. The maximum atomic E-state index is 12.7. The van der Waals surface area contributed by atoms with Crippen molar-refractivity contribution in [2.75, 3.05) is 7.11 Å². The molecule has 0 atom stereocenters. The molecule has 0 aliphatic carbocycles. The first kappa shape index (κ1) is 25.1. The number of pyridine rings is 1. The topological polar surface area (TPSA) is 111 Å². The Labute approximate surface area is 228 Å². The number of methoxy groups -OCH3 is 1. The second kappa shape index (κ2) is 10.1. The van der Waals surface area contributed by atoms with Crippen molar-refractivity contribution in [3.8, 4) is 22.5 Å². The van der Waals surface area contributed by atoms with E-state index in [1.165, 1.54) is 19.4 Å². The lowest BCUT2D eigenvalue weighted by atomic mass is 10.0. The fourth-order valence-electron chi connectivity index (χ4n) is 3.77. The van der Waals surface area contributed by atoms with Gasteiger partial charge in [-0.15, -0.1) is 0 Å². The first-order valence-corrected chi connectivity index (χ1v) is 12.0. The van der Waals surface area contributed by atoms with Crippen molar-refractivity contribution in [1.82, 2.24) is 15.3 Å². The van der Waals surface area contributed by atoms with E-state index in [1.807, 2.05) is 0 Å².